The van der Waals surface area contributed by atoms with Gasteiger partial charge in [0.15, 0.2) is 5.85 Å². The molecule has 0 radical (unpaired) electrons. The van der Waals surface area contributed by atoms with E-state index in [2.05, 4.69) is 22.9 Å². The van der Waals surface area contributed by atoms with Crippen LogP contribution in [-0.2, 0) is 13.6 Å². The maximum atomic E-state index is 12.2. The Morgan fingerprint density at radius 1 is 0.759 bits per heavy atom. The summed E-state index contributed by atoms with van der Waals surface area (Å²) in [6, 6.07) is 0. The third-order valence-corrected chi connectivity index (χ3v) is 6.31. The van der Waals surface area contributed by atoms with Crippen LogP contribution in [-0.4, -0.2) is 45.0 Å². The van der Waals surface area contributed by atoms with Crippen molar-refractivity contribution >= 4 is 7.82 Å². The average Bonchev–Trinajstić information content (AvgIpc) is 2.70. The van der Waals surface area contributed by atoms with Crippen LogP contribution < -0.4 is 16.0 Å². The van der Waals surface area contributed by atoms with E-state index >= 15 is 0 Å². The summed E-state index contributed by atoms with van der Waals surface area (Å²) in [5.41, 5.74) is 0. The molecule has 0 aromatic carbocycles. The summed E-state index contributed by atoms with van der Waals surface area (Å²) in [7, 11) is 0.921. The van der Waals surface area contributed by atoms with Crippen molar-refractivity contribution < 1.29 is 18.5 Å². The van der Waals surface area contributed by atoms with E-state index in [0.717, 1.165) is 19.3 Å². The van der Waals surface area contributed by atoms with E-state index in [-0.39, 0.29) is 6.61 Å². The summed E-state index contributed by atoms with van der Waals surface area (Å²) in [6.45, 7) is 2.80. The Labute approximate surface area is 179 Å². The molecule has 0 aliphatic rings. The molecule has 0 aliphatic carbocycles. The van der Waals surface area contributed by atoms with Crippen molar-refractivity contribution in [3.63, 3.8) is 0 Å². The molecule has 0 bridgehead atoms. The highest BCUT2D eigenvalue weighted by Gasteiger charge is 2.36. The second-order valence-corrected chi connectivity index (χ2v) is 9.22. The van der Waals surface area contributed by atoms with Crippen molar-refractivity contribution in [3.05, 3.63) is 0 Å². The van der Waals surface area contributed by atoms with Crippen molar-refractivity contribution in [2.45, 2.75) is 103 Å². The Morgan fingerprint density at radius 3 is 1.55 bits per heavy atom. The third-order valence-electron chi connectivity index (χ3n) is 5.26. The molecule has 8 heteroatoms. The molecule has 0 fully saturated rings. The number of phosphoric acid groups is 1. The van der Waals surface area contributed by atoms with E-state index in [1.807, 2.05) is 0 Å². The van der Waals surface area contributed by atoms with Gasteiger partial charge in [-0.2, -0.15) is 0 Å². The highest BCUT2D eigenvalue weighted by Crippen LogP contribution is 2.46. The molecule has 0 saturated carbocycles. The first-order valence-electron chi connectivity index (χ1n) is 11.7. The third kappa shape index (κ3) is 16.4. The summed E-state index contributed by atoms with van der Waals surface area (Å²) < 4.78 is 22.6. The largest absolute Gasteiger partial charge is 0.475 e. The number of hydrogen-bond donors (Lipinski definition) is 4. The number of phosphoric ester groups is 1. The van der Waals surface area contributed by atoms with E-state index in [0.29, 0.717) is 6.54 Å². The highest BCUT2D eigenvalue weighted by atomic mass is 31.2. The fourth-order valence-electron chi connectivity index (χ4n) is 3.37. The van der Waals surface area contributed by atoms with Crippen LogP contribution in [0.25, 0.3) is 0 Å². The molecule has 29 heavy (non-hydrogen) atoms. The van der Waals surface area contributed by atoms with Crippen LogP contribution in [0.3, 0.4) is 0 Å². The van der Waals surface area contributed by atoms with Gasteiger partial charge >= 0.3 is 7.82 Å². The lowest BCUT2D eigenvalue weighted by molar-refractivity contribution is -0.0192. The predicted octanol–water partition coefficient (Wildman–Crippen LogP) is 4.91. The van der Waals surface area contributed by atoms with E-state index in [4.69, 9.17) is 9.05 Å². The zero-order valence-electron chi connectivity index (χ0n) is 19.4. The molecule has 0 heterocycles. The maximum absolute atomic E-state index is 12.2. The van der Waals surface area contributed by atoms with Gasteiger partial charge in [0.25, 0.3) is 0 Å². The summed E-state index contributed by atoms with van der Waals surface area (Å²) in [5, 5.41) is 8.65. The Balaban J connectivity index is 3.61. The first-order chi connectivity index (χ1) is 13.9. The zero-order chi connectivity index (χ0) is 21.8. The molecule has 0 saturated heterocycles. The molecule has 4 N–H and O–H groups in total. The van der Waals surface area contributed by atoms with Crippen LogP contribution in [0.2, 0.25) is 0 Å². The van der Waals surface area contributed by atoms with Crippen LogP contribution in [0.5, 0.6) is 0 Å². The van der Waals surface area contributed by atoms with Gasteiger partial charge in [0, 0.05) is 0 Å². The molecule has 7 nitrogen and oxygen atoms in total. The van der Waals surface area contributed by atoms with Crippen molar-refractivity contribution in [1.29, 1.82) is 0 Å². The standard InChI is InChI=1S/C21H48N3O4P/c1-5-6-7-8-9-10-11-12-13-14-15-16-17-18-19-27-29(25,26)28-21(23-3,24-4)20-22-2/h22-24H,5-20H2,1-4H3,(H,25,26). The highest BCUT2D eigenvalue weighted by molar-refractivity contribution is 7.47. The summed E-state index contributed by atoms with van der Waals surface area (Å²) in [6.07, 6.45) is 17.8. The zero-order valence-corrected chi connectivity index (χ0v) is 20.3. The molecule has 0 aliphatic heterocycles. The second-order valence-electron chi connectivity index (χ2n) is 7.85. The van der Waals surface area contributed by atoms with Crippen molar-refractivity contribution in [2.24, 2.45) is 0 Å². The van der Waals surface area contributed by atoms with E-state index < -0.39 is 13.7 Å². The molecule has 0 aromatic rings. The van der Waals surface area contributed by atoms with Crippen LogP contribution in [0.1, 0.15) is 96.8 Å². The molecule has 0 aromatic heterocycles. The summed E-state index contributed by atoms with van der Waals surface area (Å²) in [4.78, 5) is 9.95. The van der Waals surface area contributed by atoms with Crippen LogP contribution >= 0.6 is 7.82 Å². The SMILES string of the molecule is CCCCCCCCCCCCCCCCOP(=O)(O)OC(CNC)(NC)NC. The predicted molar refractivity (Wildman–Crippen MR) is 122 cm³/mol. The van der Waals surface area contributed by atoms with Gasteiger partial charge in [-0.3, -0.25) is 15.2 Å². The monoisotopic (exact) mass is 437 g/mol. The van der Waals surface area contributed by atoms with Gasteiger partial charge in [-0.25, -0.2) is 9.09 Å². The Morgan fingerprint density at radius 2 is 1.17 bits per heavy atom. The average molecular weight is 438 g/mol. The number of likely N-dealkylation sites (N-methyl/N-ethyl adjacent to an activating group) is 3. The van der Waals surface area contributed by atoms with Crippen molar-refractivity contribution in [1.82, 2.24) is 16.0 Å². The minimum Gasteiger partial charge on any atom is -0.314 e. The molecule has 1 unspecified atom stereocenters. The van der Waals surface area contributed by atoms with Crippen molar-refractivity contribution in [3.8, 4) is 0 Å². The van der Waals surface area contributed by atoms with Crippen LogP contribution in [0, 0.1) is 0 Å². The summed E-state index contributed by atoms with van der Waals surface area (Å²) in [5.74, 6) is -1.14. The van der Waals surface area contributed by atoms with E-state index in [9.17, 15) is 9.46 Å². The molecule has 0 amide bonds. The van der Waals surface area contributed by atoms with E-state index in [1.165, 1.54) is 70.6 Å². The second kappa shape index (κ2) is 18.7. The minimum absolute atomic E-state index is 0.231. The number of rotatable bonds is 22. The minimum atomic E-state index is -4.13. The lowest BCUT2D eigenvalue weighted by Gasteiger charge is -2.33. The Bertz CT molecular complexity index is 409. The van der Waals surface area contributed by atoms with E-state index in [1.54, 1.807) is 21.1 Å². The normalized spacial score (nSPS) is 14.2. The van der Waals surface area contributed by atoms with Gasteiger partial charge in [0.05, 0.1) is 13.2 Å². The van der Waals surface area contributed by atoms with Crippen molar-refractivity contribution in [2.75, 3.05) is 34.3 Å². The number of unbranched alkanes of at least 4 members (excludes halogenated alkanes) is 13. The summed E-state index contributed by atoms with van der Waals surface area (Å²) >= 11 is 0. The lowest BCUT2D eigenvalue weighted by Crippen LogP contribution is -2.61. The quantitative estimate of drug-likeness (QED) is 0.109. The molecular formula is C21H48N3O4P. The molecule has 0 spiro atoms. The molecule has 176 valence electrons. The maximum Gasteiger partial charge on any atom is 0.475 e. The van der Waals surface area contributed by atoms with Gasteiger partial charge in [-0.05, 0) is 27.6 Å². The van der Waals surface area contributed by atoms with Gasteiger partial charge in [-0.1, -0.05) is 90.4 Å². The van der Waals surface area contributed by atoms with Gasteiger partial charge in [0.1, 0.15) is 0 Å². The lowest BCUT2D eigenvalue weighted by atomic mass is 10.0. The first kappa shape index (κ1) is 29.0. The Kier molecular flexibility index (Phi) is 18.7. The smallest absolute Gasteiger partial charge is 0.314 e. The number of hydrogen-bond acceptors (Lipinski definition) is 6. The Hall–Kier alpha value is -0.0100. The first-order valence-corrected chi connectivity index (χ1v) is 13.2. The number of nitrogens with one attached hydrogen (secondary N) is 3. The van der Waals surface area contributed by atoms with Crippen LogP contribution in [0.4, 0.5) is 0 Å². The molecule has 1 atom stereocenters. The topological polar surface area (TPSA) is 91.9 Å². The van der Waals surface area contributed by atoms with Gasteiger partial charge in [-0.15, -0.1) is 0 Å². The fraction of sp³-hybridized carbons (Fsp3) is 1.00. The molecule has 0 rings (SSSR count). The molecular weight excluding hydrogens is 389 g/mol. The van der Waals surface area contributed by atoms with Gasteiger partial charge in [0.2, 0.25) is 0 Å². The van der Waals surface area contributed by atoms with Gasteiger partial charge < -0.3 is 10.2 Å². The van der Waals surface area contributed by atoms with Crippen LogP contribution in [0.15, 0.2) is 0 Å². The fourth-order valence-corrected chi connectivity index (χ4v) is 4.43.